The van der Waals surface area contributed by atoms with Crippen molar-refractivity contribution in [3.63, 3.8) is 0 Å². The van der Waals surface area contributed by atoms with Gasteiger partial charge in [0.25, 0.3) is 0 Å². The van der Waals surface area contributed by atoms with E-state index in [4.69, 9.17) is 14.0 Å². The summed E-state index contributed by atoms with van der Waals surface area (Å²) in [5, 5.41) is 13.6. The second-order valence-corrected chi connectivity index (χ2v) is 8.14. The number of carbonyl (C=O) groups is 1. The Hall–Kier alpha value is -4.06. The molecule has 3 aromatic carbocycles. The molecule has 4 aromatic rings. The molecule has 166 valence electrons. The van der Waals surface area contributed by atoms with Gasteiger partial charge in [-0.25, -0.2) is 4.79 Å². The standard InChI is InChI=1S/C27H23NO5/c29-26(30)27(13-6-14-27)32-23-12-5-10-21(16-23)20-9-4-11-22(15-20)31-18-24-17-25(28-33-24)19-7-2-1-3-8-19/h1-5,7-12,15-17H,6,13-14,18H2,(H,29,30). The van der Waals surface area contributed by atoms with Gasteiger partial charge in [0.1, 0.15) is 23.8 Å². The minimum atomic E-state index is -1.10. The number of ether oxygens (including phenoxy) is 2. The lowest BCUT2D eigenvalue weighted by atomic mass is 9.80. The predicted octanol–water partition coefficient (Wildman–Crippen LogP) is 5.97. The Balaban J connectivity index is 1.28. The van der Waals surface area contributed by atoms with Crippen molar-refractivity contribution < 1.29 is 23.9 Å². The smallest absolute Gasteiger partial charge is 0.348 e. The Kier molecular flexibility index (Phi) is 5.57. The van der Waals surface area contributed by atoms with E-state index in [0.717, 1.165) is 28.8 Å². The first kappa shape index (κ1) is 20.8. The van der Waals surface area contributed by atoms with Crippen LogP contribution in [0.3, 0.4) is 0 Å². The number of hydrogen-bond acceptors (Lipinski definition) is 5. The Labute approximate surface area is 191 Å². The molecule has 0 aliphatic heterocycles. The van der Waals surface area contributed by atoms with Crippen LogP contribution in [0.25, 0.3) is 22.4 Å². The van der Waals surface area contributed by atoms with Gasteiger partial charge >= 0.3 is 5.97 Å². The topological polar surface area (TPSA) is 81.8 Å². The zero-order valence-corrected chi connectivity index (χ0v) is 17.9. The van der Waals surface area contributed by atoms with Crippen molar-refractivity contribution >= 4 is 5.97 Å². The molecule has 1 saturated carbocycles. The Morgan fingerprint density at radius 3 is 2.21 bits per heavy atom. The summed E-state index contributed by atoms with van der Waals surface area (Å²) in [4.78, 5) is 11.6. The summed E-state index contributed by atoms with van der Waals surface area (Å²) in [5.41, 5.74) is 2.52. The van der Waals surface area contributed by atoms with Crippen LogP contribution >= 0.6 is 0 Å². The third-order valence-corrected chi connectivity index (χ3v) is 5.88. The molecule has 0 atom stereocenters. The van der Waals surface area contributed by atoms with E-state index in [1.807, 2.05) is 78.9 Å². The Morgan fingerprint density at radius 2 is 1.55 bits per heavy atom. The molecule has 0 unspecified atom stereocenters. The summed E-state index contributed by atoms with van der Waals surface area (Å²) in [6.45, 7) is 0.258. The van der Waals surface area contributed by atoms with Crippen molar-refractivity contribution in [2.24, 2.45) is 0 Å². The number of carboxylic acids is 1. The van der Waals surface area contributed by atoms with Gasteiger partial charge in [0.15, 0.2) is 5.76 Å². The van der Waals surface area contributed by atoms with E-state index in [-0.39, 0.29) is 6.61 Å². The molecule has 0 amide bonds. The van der Waals surface area contributed by atoms with Crippen molar-refractivity contribution in [2.45, 2.75) is 31.5 Å². The predicted molar refractivity (Wildman–Crippen MR) is 123 cm³/mol. The van der Waals surface area contributed by atoms with Gasteiger partial charge in [0.2, 0.25) is 5.60 Å². The summed E-state index contributed by atoms with van der Waals surface area (Å²) in [6.07, 6.45) is 1.93. The van der Waals surface area contributed by atoms with Crippen molar-refractivity contribution in [1.29, 1.82) is 0 Å². The minimum absolute atomic E-state index is 0.258. The van der Waals surface area contributed by atoms with Gasteiger partial charge in [-0.05, 0) is 54.7 Å². The van der Waals surface area contributed by atoms with E-state index in [1.54, 1.807) is 6.07 Å². The lowest BCUT2D eigenvalue weighted by Gasteiger charge is -2.37. The van der Waals surface area contributed by atoms with Gasteiger partial charge in [-0.1, -0.05) is 59.8 Å². The molecule has 1 aromatic heterocycles. The Morgan fingerprint density at radius 1 is 0.879 bits per heavy atom. The van der Waals surface area contributed by atoms with Crippen LogP contribution in [-0.2, 0) is 11.4 Å². The molecule has 0 radical (unpaired) electrons. The molecule has 6 heteroatoms. The third-order valence-electron chi connectivity index (χ3n) is 5.88. The first-order valence-corrected chi connectivity index (χ1v) is 10.9. The summed E-state index contributed by atoms with van der Waals surface area (Å²) >= 11 is 0. The van der Waals surface area contributed by atoms with Crippen LogP contribution in [-0.4, -0.2) is 21.8 Å². The van der Waals surface area contributed by atoms with E-state index >= 15 is 0 Å². The van der Waals surface area contributed by atoms with Crippen LogP contribution in [0.1, 0.15) is 25.0 Å². The highest BCUT2D eigenvalue weighted by Crippen LogP contribution is 2.38. The van der Waals surface area contributed by atoms with E-state index < -0.39 is 11.6 Å². The normalized spacial score (nSPS) is 14.3. The fourth-order valence-electron chi connectivity index (χ4n) is 3.87. The fraction of sp³-hybridized carbons (Fsp3) is 0.185. The minimum Gasteiger partial charge on any atom is -0.486 e. The molecule has 0 saturated heterocycles. The van der Waals surface area contributed by atoms with Crippen molar-refractivity contribution in [3.8, 4) is 33.9 Å². The van der Waals surface area contributed by atoms with Gasteiger partial charge in [0, 0.05) is 11.6 Å². The quantitative estimate of drug-likeness (QED) is 0.363. The fourth-order valence-corrected chi connectivity index (χ4v) is 3.87. The zero-order chi connectivity index (χ0) is 22.7. The zero-order valence-electron chi connectivity index (χ0n) is 17.9. The first-order chi connectivity index (χ1) is 16.1. The second kappa shape index (κ2) is 8.82. The number of carboxylic acid groups (broad SMARTS) is 1. The van der Waals surface area contributed by atoms with E-state index in [0.29, 0.717) is 30.1 Å². The van der Waals surface area contributed by atoms with Crippen LogP contribution in [0, 0.1) is 0 Å². The van der Waals surface area contributed by atoms with Crippen LogP contribution < -0.4 is 9.47 Å². The van der Waals surface area contributed by atoms with Crippen LogP contribution in [0.15, 0.2) is 89.5 Å². The molecule has 1 aliphatic carbocycles. The van der Waals surface area contributed by atoms with Crippen molar-refractivity contribution in [2.75, 3.05) is 0 Å². The highest BCUT2D eigenvalue weighted by atomic mass is 16.5. The molecule has 0 spiro atoms. The number of hydrogen-bond donors (Lipinski definition) is 1. The van der Waals surface area contributed by atoms with E-state index in [9.17, 15) is 9.90 Å². The molecular formula is C27H23NO5. The number of aromatic nitrogens is 1. The van der Waals surface area contributed by atoms with Crippen LogP contribution in [0.4, 0.5) is 0 Å². The summed E-state index contributed by atoms with van der Waals surface area (Å²) in [7, 11) is 0. The molecule has 0 bridgehead atoms. The summed E-state index contributed by atoms with van der Waals surface area (Å²) in [6, 6.07) is 26.9. The SMILES string of the molecule is O=C(O)C1(Oc2cccc(-c3cccc(OCc4cc(-c5ccccc5)no4)c3)c2)CCC1. The van der Waals surface area contributed by atoms with Crippen molar-refractivity contribution in [3.05, 3.63) is 90.7 Å². The maximum absolute atomic E-state index is 11.6. The van der Waals surface area contributed by atoms with Gasteiger partial charge in [-0.15, -0.1) is 0 Å². The number of rotatable bonds is 8. The maximum Gasteiger partial charge on any atom is 0.348 e. The van der Waals surface area contributed by atoms with E-state index in [2.05, 4.69) is 5.16 Å². The molecule has 1 fully saturated rings. The molecular weight excluding hydrogens is 418 g/mol. The maximum atomic E-state index is 11.6. The summed E-state index contributed by atoms with van der Waals surface area (Å²) in [5.74, 6) is 0.972. The van der Waals surface area contributed by atoms with Crippen LogP contribution in [0.5, 0.6) is 11.5 Å². The first-order valence-electron chi connectivity index (χ1n) is 10.9. The number of benzene rings is 3. The van der Waals surface area contributed by atoms with Crippen LogP contribution in [0.2, 0.25) is 0 Å². The third kappa shape index (κ3) is 4.46. The second-order valence-electron chi connectivity index (χ2n) is 8.14. The molecule has 1 heterocycles. The van der Waals surface area contributed by atoms with Crippen molar-refractivity contribution in [1.82, 2.24) is 5.16 Å². The lowest BCUT2D eigenvalue weighted by molar-refractivity contribution is -0.163. The van der Waals surface area contributed by atoms with Gasteiger partial charge < -0.3 is 19.1 Å². The monoisotopic (exact) mass is 441 g/mol. The van der Waals surface area contributed by atoms with E-state index in [1.165, 1.54) is 0 Å². The highest BCUT2D eigenvalue weighted by Gasteiger charge is 2.47. The lowest BCUT2D eigenvalue weighted by Crippen LogP contribution is -2.50. The highest BCUT2D eigenvalue weighted by molar-refractivity contribution is 5.79. The van der Waals surface area contributed by atoms with Gasteiger partial charge in [-0.3, -0.25) is 0 Å². The number of aliphatic carboxylic acids is 1. The molecule has 33 heavy (non-hydrogen) atoms. The number of nitrogens with zero attached hydrogens (tertiary/aromatic N) is 1. The Bertz CT molecular complexity index is 1260. The summed E-state index contributed by atoms with van der Waals surface area (Å²) < 4.78 is 17.2. The molecule has 5 rings (SSSR count). The average Bonchev–Trinajstić information content (AvgIpc) is 3.30. The average molecular weight is 441 g/mol. The van der Waals surface area contributed by atoms with Gasteiger partial charge in [-0.2, -0.15) is 0 Å². The molecule has 6 nitrogen and oxygen atoms in total. The molecule has 1 aliphatic rings. The van der Waals surface area contributed by atoms with Gasteiger partial charge in [0.05, 0.1) is 0 Å². The largest absolute Gasteiger partial charge is 0.486 e. The molecule has 1 N–H and O–H groups in total.